The molecule has 1 aromatic carbocycles. The average Bonchev–Trinajstić information content (AvgIpc) is 2.75. The van der Waals surface area contributed by atoms with Gasteiger partial charge in [-0.05, 0) is 44.5 Å². The molecule has 3 heteroatoms. The molecule has 17 heavy (non-hydrogen) atoms. The Morgan fingerprint density at radius 3 is 3.00 bits per heavy atom. The van der Waals surface area contributed by atoms with Crippen molar-refractivity contribution in [3.63, 3.8) is 0 Å². The average molecular weight is 251 g/mol. The first-order valence-corrected chi connectivity index (χ1v) is 6.88. The quantitative estimate of drug-likeness (QED) is 0.756. The number of piperazine rings is 1. The molecule has 2 aliphatic heterocycles. The maximum absolute atomic E-state index is 6.09. The van der Waals surface area contributed by atoms with Crippen molar-refractivity contribution in [3.05, 3.63) is 29.3 Å². The first-order chi connectivity index (χ1) is 8.24. The van der Waals surface area contributed by atoms with E-state index in [-0.39, 0.29) is 0 Å². The Hall–Kier alpha value is -0.730. The van der Waals surface area contributed by atoms with Crippen LogP contribution in [0.5, 0.6) is 0 Å². The topological polar surface area (TPSA) is 6.48 Å². The predicted octanol–water partition coefficient (Wildman–Crippen LogP) is 3.01. The molecule has 0 spiro atoms. The molecule has 2 nitrogen and oxygen atoms in total. The van der Waals surface area contributed by atoms with Crippen LogP contribution in [0, 0.1) is 0 Å². The second kappa shape index (κ2) is 4.51. The summed E-state index contributed by atoms with van der Waals surface area (Å²) in [5.41, 5.74) is 1.27. The zero-order valence-corrected chi connectivity index (χ0v) is 11.0. The molecule has 3 rings (SSSR count). The molecule has 92 valence electrons. The molecule has 0 aliphatic carbocycles. The van der Waals surface area contributed by atoms with Crippen LogP contribution < -0.4 is 4.90 Å². The van der Waals surface area contributed by atoms with E-state index >= 15 is 0 Å². The number of benzene rings is 1. The van der Waals surface area contributed by atoms with Gasteiger partial charge in [-0.25, -0.2) is 0 Å². The summed E-state index contributed by atoms with van der Waals surface area (Å²) in [5.74, 6) is 0. The van der Waals surface area contributed by atoms with Gasteiger partial charge in [0.15, 0.2) is 0 Å². The lowest BCUT2D eigenvalue weighted by Crippen LogP contribution is -2.55. The Kier molecular flexibility index (Phi) is 3.01. The van der Waals surface area contributed by atoms with E-state index in [1.807, 2.05) is 12.1 Å². The highest BCUT2D eigenvalue weighted by Gasteiger charge is 2.34. The summed E-state index contributed by atoms with van der Waals surface area (Å²) < 4.78 is 0. The lowest BCUT2D eigenvalue weighted by molar-refractivity contribution is 0.203. The third-order valence-electron chi connectivity index (χ3n) is 4.08. The van der Waals surface area contributed by atoms with Crippen LogP contribution in [-0.4, -0.2) is 36.6 Å². The van der Waals surface area contributed by atoms with Crippen LogP contribution in [0.25, 0.3) is 0 Å². The standard InChI is InChI=1S/C14H19ClN2/c1-11-9-16-7-3-6-14(16)10-17(11)13-5-2-4-12(15)8-13/h2,4-5,8,11,14H,3,6-7,9-10H2,1H3. The van der Waals surface area contributed by atoms with Gasteiger partial charge in [0, 0.05) is 35.9 Å². The molecule has 2 atom stereocenters. The van der Waals surface area contributed by atoms with Crippen LogP contribution in [0.15, 0.2) is 24.3 Å². The van der Waals surface area contributed by atoms with E-state index in [1.165, 1.54) is 31.6 Å². The van der Waals surface area contributed by atoms with Gasteiger partial charge >= 0.3 is 0 Å². The summed E-state index contributed by atoms with van der Waals surface area (Å²) >= 11 is 6.09. The van der Waals surface area contributed by atoms with Crippen LogP contribution in [0.2, 0.25) is 5.02 Å². The molecule has 0 amide bonds. The fourth-order valence-electron chi connectivity index (χ4n) is 3.20. The third-order valence-corrected chi connectivity index (χ3v) is 4.31. The zero-order chi connectivity index (χ0) is 11.8. The van der Waals surface area contributed by atoms with E-state index in [9.17, 15) is 0 Å². The van der Waals surface area contributed by atoms with Crippen LogP contribution in [-0.2, 0) is 0 Å². The van der Waals surface area contributed by atoms with Crippen LogP contribution in [0.4, 0.5) is 5.69 Å². The fourth-order valence-corrected chi connectivity index (χ4v) is 3.39. The monoisotopic (exact) mass is 250 g/mol. The number of rotatable bonds is 1. The molecule has 0 N–H and O–H groups in total. The van der Waals surface area contributed by atoms with Gasteiger partial charge in [-0.2, -0.15) is 0 Å². The molecule has 2 fully saturated rings. The molecular formula is C14H19ClN2. The normalized spacial score (nSPS) is 29.4. The summed E-state index contributed by atoms with van der Waals surface area (Å²) in [5, 5.41) is 0.837. The van der Waals surface area contributed by atoms with Crippen molar-refractivity contribution in [2.45, 2.75) is 31.8 Å². The number of anilines is 1. The van der Waals surface area contributed by atoms with Crippen molar-refractivity contribution in [2.75, 3.05) is 24.5 Å². The smallest absolute Gasteiger partial charge is 0.0426 e. The van der Waals surface area contributed by atoms with Crippen LogP contribution >= 0.6 is 11.6 Å². The second-order valence-electron chi connectivity index (χ2n) is 5.27. The van der Waals surface area contributed by atoms with Gasteiger partial charge in [0.25, 0.3) is 0 Å². The van der Waals surface area contributed by atoms with Crippen molar-refractivity contribution in [3.8, 4) is 0 Å². The Balaban J connectivity index is 1.83. The summed E-state index contributed by atoms with van der Waals surface area (Å²) in [4.78, 5) is 5.16. The first kappa shape index (κ1) is 11.4. The highest BCUT2D eigenvalue weighted by molar-refractivity contribution is 6.30. The molecule has 2 saturated heterocycles. The van der Waals surface area contributed by atoms with E-state index in [4.69, 9.17) is 11.6 Å². The predicted molar refractivity (Wildman–Crippen MR) is 72.9 cm³/mol. The Labute approximate surface area is 108 Å². The molecule has 2 unspecified atom stereocenters. The molecule has 0 bridgehead atoms. The minimum Gasteiger partial charge on any atom is -0.366 e. The van der Waals surface area contributed by atoms with E-state index in [2.05, 4.69) is 28.9 Å². The Morgan fingerprint density at radius 2 is 2.18 bits per heavy atom. The van der Waals surface area contributed by atoms with Gasteiger partial charge in [0.1, 0.15) is 0 Å². The van der Waals surface area contributed by atoms with Gasteiger partial charge in [-0.15, -0.1) is 0 Å². The number of nitrogens with zero attached hydrogens (tertiary/aromatic N) is 2. The minimum atomic E-state index is 0.586. The Bertz CT molecular complexity index is 407. The van der Waals surface area contributed by atoms with Gasteiger partial charge in [-0.3, -0.25) is 4.90 Å². The van der Waals surface area contributed by atoms with Crippen LogP contribution in [0.1, 0.15) is 19.8 Å². The van der Waals surface area contributed by atoms with Crippen molar-refractivity contribution in [2.24, 2.45) is 0 Å². The highest BCUT2D eigenvalue weighted by Crippen LogP contribution is 2.29. The van der Waals surface area contributed by atoms with Crippen molar-refractivity contribution < 1.29 is 0 Å². The minimum absolute atomic E-state index is 0.586. The summed E-state index contributed by atoms with van der Waals surface area (Å²) in [6.45, 7) is 5.95. The maximum Gasteiger partial charge on any atom is 0.0426 e. The summed E-state index contributed by atoms with van der Waals surface area (Å²) in [6.07, 6.45) is 2.71. The molecule has 0 aromatic heterocycles. The third kappa shape index (κ3) is 2.16. The van der Waals surface area contributed by atoms with E-state index in [1.54, 1.807) is 0 Å². The maximum atomic E-state index is 6.09. The van der Waals surface area contributed by atoms with Crippen molar-refractivity contribution in [1.82, 2.24) is 4.90 Å². The number of halogens is 1. The molecule has 1 aromatic rings. The molecule has 2 heterocycles. The largest absolute Gasteiger partial charge is 0.366 e. The number of hydrogen-bond donors (Lipinski definition) is 0. The SMILES string of the molecule is CC1CN2CCCC2CN1c1cccc(Cl)c1. The fraction of sp³-hybridized carbons (Fsp3) is 0.571. The number of fused-ring (bicyclic) bond motifs is 1. The summed E-state index contributed by atoms with van der Waals surface area (Å²) in [6, 6.07) is 9.59. The second-order valence-corrected chi connectivity index (χ2v) is 5.71. The molecule has 2 aliphatic rings. The van der Waals surface area contributed by atoms with Gasteiger partial charge in [-0.1, -0.05) is 17.7 Å². The lowest BCUT2D eigenvalue weighted by Gasteiger charge is -2.43. The zero-order valence-electron chi connectivity index (χ0n) is 10.3. The summed E-state index contributed by atoms with van der Waals surface area (Å²) in [7, 11) is 0. The molecule has 0 saturated carbocycles. The highest BCUT2D eigenvalue weighted by atomic mass is 35.5. The van der Waals surface area contributed by atoms with Crippen LogP contribution in [0.3, 0.4) is 0 Å². The molecular weight excluding hydrogens is 232 g/mol. The molecule has 0 radical (unpaired) electrons. The van der Waals surface area contributed by atoms with Crippen molar-refractivity contribution >= 4 is 17.3 Å². The van der Waals surface area contributed by atoms with E-state index in [0.717, 1.165) is 17.6 Å². The number of hydrogen-bond acceptors (Lipinski definition) is 2. The van der Waals surface area contributed by atoms with Crippen molar-refractivity contribution in [1.29, 1.82) is 0 Å². The van der Waals surface area contributed by atoms with E-state index in [0.29, 0.717) is 6.04 Å². The lowest BCUT2D eigenvalue weighted by atomic mass is 10.1. The first-order valence-electron chi connectivity index (χ1n) is 6.50. The van der Waals surface area contributed by atoms with Gasteiger partial charge < -0.3 is 4.90 Å². The Morgan fingerprint density at radius 1 is 1.29 bits per heavy atom. The van der Waals surface area contributed by atoms with E-state index < -0.39 is 0 Å². The van der Waals surface area contributed by atoms with Gasteiger partial charge in [0.05, 0.1) is 0 Å². The van der Waals surface area contributed by atoms with Gasteiger partial charge in [0.2, 0.25) is 0 Å².